The third kappa shape index (κ3) is 3.71. The number of carboxylic acids is 1. The fourth-order valence-corrected chi connectivity index (χ4v) is 3.79. The molecule has 112 valence electrons. The molecule has 0 spiro atoms. The van der Waals surface area contributed by atoms with Crippen LogP contribution in [0.2, 0.25) is 0 Å². The Labute approximate surface area is 131 Å². The zero-order chi connectivity index (χ0) is 15.4. The Balaban J connectivity index is 2.24. The van der Waals surface area contributed by atoms with Gasteiger partial charge in [-0.25, -0.2) is 0 Å². The van der Waals surface area contributed by atoms with Gasteiger partial charge in [0, 0.05) is 9.75 Å². The van der Waals surface area contributed by atoms with E-state index in [1.54, 1.807) is 36.5 Å². The van der Waals surface area contributed by atoms with Gasteiger partial charge in [-0.15, -0.1) is 22.7 Å². The summed E-state index contributed by atoms with van der Waals surface area (Å²) in [6.45, 7) is 3.48. The second-order valence-electron chi connectivity index (χ2n) is 5.03. The number of rotatable bonds is 6. The second kappa shape index (κ2) is 6.87. The maximum absolute atomic E-state index is 12.3. The Kier molecular flexibility index (Phi) is 5.14. The zero-order valence-electron chi connectivity index (χ0n) is 11.8. The molecule has 1 amide bonds. The van der Waals surface area contributed by atoms with E-state index in [0.717, 1.165) is 9.75 Å². The van der Waals surface area contributed by atoms with Crippen molar-refractivity contribution in [3.05, 3.63) is 44.8 Å². The van der Waals surface area contributed by atoms with Crippen LogP contribution in [0.5, 0.6) is 0 Å². The highest BCUT2D eigenvalue weighted by atomic mass is 32.1. The van der Waals surface area contributed by atoms with E-state index in [0.29, 0.717) is 0 Å². The topological polar surface area (TPSA) is 66.4 Å². The molecule has 0 bridgehead atoms. The van der Waals surface area contributed by atoms with Crippen LogP contribution in [0.15, 0.2) is 35.0 Å². The number of aliphatic carboxylic acids is 1. The molecular formula is C15H17NO3S2. The average molecular weight is 323 g/mol. The summed E-state index contributed by atoms with van der Waals surface area (Å²) in [6, 6.07) is 7.45. The zero-order valence-corrected chi connectivity index (χ0v) is 13.4. The first-order chi connectivity index (χ1) is 10.0. The van der Waals surface area contributed by atoms with Crippen LogP contribution in [0.25, 0.3) is 0 Å². The monoisotopic (exact) mass is 323 g/mol. The Morgan fingerprint density at radius 3 is 1.95 bits per heavy atom. The van der Waals surface area contributed by atoms with Crippen LogP contribution in [0.3, 0.4) is 0 Å². The molecule has 2 heterocycles. The Hall–Kier alpha value is -1.66. The van der Waals surface area contributed by atoms with Gasteiger partial charge in [0.25, 0.3) is 0 Å². The minimum Gasteiger partial charge on any atom is -0.481 e. The molecule has 0 saturated carbocycles. The summed E-state index contributed by atoms with van der Waals surface area (Å²) in [5, 5.41) is 16.0. The summed E-state index contributed by atoms with van der Waals surface area (Å²) in [6.07, 6.45) is 0. The normalized spacial score (nSPS) is 12.6. The van der Waals surface area contributed by atoms with Crippen LogP contribution in [0.1, 0.15) is 29.6 Å². The summed E-state index contributed by atoms with van der Waals surface area (Å²) < 4.78 is 0. The first-order valence-corrected chi connectivity index (χ1v) is 8.36. The van der Waals surface area contributed by atoms with Crippen molar-refractivity contribution in [1.82, 2.24) is 5.32 Å². The van der Waals surface area contributed by atoms with Gasteiger partial charge in [0.15, 0.2) is 0 Å². The molecule has 21 heavy (non-hydrogen) atoms. The van der Waals surface area contributed by atoms with E-state index in [9.17, 15) is 14.7 Å². The number of carbonyl (C=O) groups excluding carboxylic acids is 1. The third-order valence-electron chi connectivity index (χ3n) is 3.16. The standard InChI is InChI=1S/C15H17NO3S2/c1-9(2)12(15(18)19)14(17)16-13(10-5-3-7-20-10)11-6-4-8-21-11/h3-9,12-13H,1-2H3,(H,16,17)(H,18,19). The van der Waals surface area contributed by atoms with Crippen LogP contribution >= 0.6 is 22.7 Å². The van der Waals surface area contributed by atoms with Crippen LogP contribution < -0.4 is 5.32 Å². The second-order valence-corrected chi connectivity index (χ2v) is 6.99. The summed E-state index contributed by atoms with van der Waals surface area (Å²) in [5.41, 5.74) is 0. The highest BCUT2D eigenvalue weighted by Crippen LogP contribution is 2.29. The van der Waals surface area contributed by atoms with Crippen molar-refractivity contribution < 1.29 is 14.7 Å². The third-order valence-corrected chi connectivity index (χ3v) is 5.03. The molecule has 0 aliphatic heterocycles. The molecule has 0 saturated heterocycles. The fraction of sp³-hybridized carbons (Fsp3) is 0.333. The summed E-state index contributed by atoms with van der Waals surface area (Å²) >= 11 is 3.09. The van der Waals surface area contributed by atoms with Gasteiger partial charge in [-0.05, 0) is 28.8 Å². The van der Waals surface area contributed by atoms with Gasteiger partial charge in [0.05, 0.1) is 6.04 Å². The van der Waals surface area contributed by atoms with Crippen molar-refractivity contribution in [3.63, 3.8) is 0 Å². The van der Waals surface area contributed by atoms with Crippen LogP contribution in [-0.2, 0) is 9.59 Å². The van der Waals surface area contributed by atoms with Crippen molar-refractivity contribution in [3.8, 4) is 0 Å². The molecule has 2 rings (SSSR count). The van der Waals surface area contributed by atoms with Gasteiger partial charge in [-0.2, -0.15) is 0 Å². The van der Waals surface area contributed by atoms with Gasteiger partial charge in [0.2, 0.25) is 5.91 Å². The van der Waals surface area contributed by atoms with E-state index in [1.807, 2.05) is 35.0 Å². The molecule has 2 aromatic heterocycles. The van der Waals surface area contributed by atoms with Crippen molar-refractivity contribution >= 4 is 34.6 Å². The molecule has 0 aromatic carbocycles. The van der Waals surface area contributed by atoms with E-state index in [2.05, 4.69) is 5.32 Å². The van der Waals surface area contributed by atoms with Crippen molar-refractivity contribution in [2.24, 2.45) is 11.8 Å². The van der Waals surface area contributed by atoms with Crippen LogP contribution in [0, 0.1) is 11.8 Å². The summed E-state index contributed by atoms with van der Waals surface area (Å²) in [5.74, 6) is -2.81. The first kappa shape index (κ1) is 15.7. The van der Waals surface area contributed by atoms with E-state index < -0.39 is 17.8 Å². The lowest BCUT2D eigenvalue weighted by Gasteiger charge is -2.21. The number of carboxylic acid groups (broad SMARTS) is 1. The van der Waals surface area contributed by atoms with Gasteiger partial charge in [0.1, 0.15) is 5.92 Å². The minimum atomic E-state index is -1.08. The quantitative estimate of drug-likeness (QED) is 0.801. The maximum Gasteiger partial charge on any atom is 0.316 e. The Morgan fingerprint density at radius 1 is 1.10 bits per heavy atom. The lowest BCUT2D eigenvalue weighted by atomic mass is 9.94. The molecule has 4 nitrogen and oxygen atoms in total. The largest absolute Gasteiger partial charge is 0.481 e. The van der Waals surface area contributed by atoms with Gasteiger partial charge < -0.3 is 10.4 Å². The molecule has 6 heteroatoms. The minimum absolute atomic E-state index is 0.255. The predicted molar refractivity (Wildman–Crippen MR) is 84.6 cm³/mol. The van der Waals surface area contributed by atoms with Crippen molar-refractivity contribution in [2.45, 2.75) is 19.9 Å². The van der Waals surface area contributed by atoms with Crippen molar-refractivity contribution in [1.29, 1.82) is 0 Å². The van der Waals surface area contributed by atoms with E-state index in [1.165, 1.54) is 0 Å². The SMILES string of the molecule is CC(C)C(C(=O)O)C(=O)NC(c1cccs1)c1cccs1. The Morgan fingerprint density at radius 2 is 1.62 bits per heavy atom. The van der Waals surface area contributed by atoms with Gasteiger partial charge in [-0.1, -0.05) is 26.0 Å². The highest BCUT2D eigenvalue weighted by Gasteiger charge is 2.32. The molecular weight excluding hydrogens is 306 g/mol. The lowest BCUT2D eigenvalue weighted by molar-refractivity contribution is -0.149. The van der Waals surface area contributed by atoms with Crippen molar-refractivity contribution in [2.75, 3.05) is 0 Å². The number of carbonyl (C=O) groups is 2. The number of thiophene rings is 2. The van der Waals surface area contributed by atoms with Gasteiger partial charge in [-0.3, -0.25) is 9.59 Å². The van der Waals surface area contributed by atoms with E-state index in [4.69, 9.17) is 0 Å². The molecule has 2 N–H and O–H groups in total. The smallest absolute Gasteiger partial charge is 0.316 e. The van der Waals surface area contributed by atoms with Gasteiger partial charge >= 0.3 is 5.97 Å². The molecule has 0 radical (unpaired) electrons. The number of hydrogen-bond acceptors (Lipinski definition) is 4. The highest BCUT2D eigenvalue weighted by molar-refractivity contribution is 7.11. The first-order valence-electron chi connectivity index (χ1n) is 6.60. The molecule has 0 fully saturated rings. The van der Waals surface area contributed by atoms with Crippen LogP contribution in [-0.4, -0.2) is 17.0 Å². The summed E-state index contributed by atoms with van der Waals surface area (Å²) in [7, 11) is 0. The molecule has 1 atom stereocenters. The predicted octanol–water partition coefficient (Wildman–Crippen LogP) is 3.37. The molecule has 0 aliphatic carbocycles. The number of amides is 1. The Bertz CT molecular complexity index is 556. The summed E-state index contributed by atoms with van der Waals surface area (Å²) in [4.78, 5) is 25.6. The fourth-order valence-electron chi connectivity index (χ4n) is 2.13. The van der Waals surface area contributed by atoms with E-state index in [-0.39, 0.29) is 12.0 Å². The van der Waals surface area contributed by atoms with Crippen LogP contribution in [0.4, 0.5) is 0 Å². The lowest BCUT2D eigenvalue weighted by Crippen LogP contribution is -2.40. The maximum atomic E-state index is 12.3. The molecule has 2 aromatic rings. The van der Waals surface area contributed by atoms with E-state index >= 15 is 0 Å². The molecule has 1 unspecified atom stereocenters. The average Bonchev–Trinajstić information content (AvgIpc) is 3.08. The number of hydrogen-bond donors (Lipinski definition) is 2. The number of nitrogens with one attached hydrogen (secondary N) is 1. The molecule has 0 aliphatic rings.